The van der Waals surface area contributed by atoms with E-state index in [0.717, 1.165) is 50.3 Å². The maximum Gasteiger partial charge on any atom is 0.293 e. The van der Waals surface area contributed by atoms with Crippen molar-refractivity contribution in [2.45, 2.75) is 25.7 Å². The van der Waals surface area contributed by atoms with E-state index in [1.54, 1.807) is 26.4 Å². The summed E-state index contributed by atoms with van der Waals surface area (Å²) >= 11 is 0. The third-order valence-corrected chi connectivity index (χ3v) is 5.66. The van der Waals surface area contributed by atoms with Gasteiger partial charge in [-0.1, -0.05) is 0 Å². The number of nitrogens with two attached hydrogens (primary N) is 1. The van der Waals surface area contributed by atoms with Crippen molar-refractivity contribution in [1.29, 1.82) is 0 Å². The number of nitro benzene ring substituents is 1. The fraction of sp³-hybridized carbons (Fsp3) is 0.409. The molecule has 3 rings (SSSR count). The third kappa shape index (κ3) is 5.00. The van der Waals surface area contributed by atoms with E-state index < -0.39 is 10.8 Å². The highest BCUT2D eigenvalue weighted by atomic mass is 16.6. The predicted molar refractivity (Wildman–Crippen MR) is 114 cm³/mol. The van der Waals surface area contributed by atoms with Gasteiger partial charge in [0, 0.05) is 30.8 Å². The number of nitrogens with zero attached hydrogens (tertiary/aromatic N) is 2. The molecule has 0 spiro atoms. The molecule has 8 nitrogen and oxygen atoms in total. The largest absolute Gasteiger partial charge is 0.497 e. The van der Waals surface area contributed by atoms with E-state index in [2.05, 4.69) is 0 Å². The average Bonchev–Trinajstić information content (AvgIpc) is 2.77. The van der Waals surface area contributed by atoms with Gasteiger partial charge in [-0.2, -0.15) is 0 Å². The highest BCUT2D eigenvalue weighted by molar-refractivity contribution is 5.94. The first-order valence-corrected chi connectivity index (χ1v) is 9.96. The molecule has 160 valence electrons. The van der Waals surface area contributed by atoms with E-state index in [1.807, 2.05) is 23.1 Å². The van der Waals surface area contributed by atoms with E-state index >= 15 is 0 Å². The molecule has 30 heavy (non-hydrogen) atoms. The average molecular weight is 413 g/mol. The SMILES string of the molecule is COc1cc(CCC2CCN(c3ccc(C(N)=O)cc3[N+](=O)[O-])CC2)cc(OC)c1. The van der Waals surface area contributed by atoms with Crippen molar-refractivity contribution in [2.24, 2.45) is 11.7 Å². The van der Waals surface area contributed by atoms with Gasteiger partial charge in [0.1, 0.15) is 17.2 Å². The number of primary amides is 1. The van der Waals surface area contributed by atoms with Crippen LogP contribution in [0.25, 0.3) is 0 Å². The number of hydrogen-bond acceptors (Lipinski definition) is 6. The molecule has 1 aliphatic rings. The Kier molecular flexibility index (Phi) is 6.76. The molecular weight excluding hydrogens is 386 g/mol. The molecule has 1 heterocycles. The second-order valence-electron chi connectivity index (χ2n) is 7.51. The third-order valence-electron chi connectivity index (χ3n) is 5.66. The van der Waals surface area contributed by atoms with Gasteiger partial charge in [-0.15, -0.1) is 0 Å². The number of anilines is 1. The topological polar surface area (TPSA) is 108 Å². The van der Waals surface area contributed by atoms with Gasteiger partial charge in [0.15, 0.2) is 0 Å². The summed E-state index contributed by atoms with van der Waals surface area (Å²) in [6, 6.07) is 10.4. The van der Waals surface area contributed by atoms with E-state index in [9.17, 15) is 14.9 Å². The number of hydrogen-bond donors (Lipinski definition) is 1. The van der Waals surface area contributed by atoms with Crippen LogP contribution in [0.1, 0.15) is 35.2 Å². The Morgan fingerprint density at radius 3 is 2.30 bits per heavy atom. The molecule has 1 fully saturated rings. The normalized spacial score (nSPS) is 14.4. The van der Waals surface area contributed by atoms with Crippen molar-refractivity contribution >= 4 is 17.3 Å². The first-order valence-electron chi connectivity index (χ1n) is 9.96. The lowest BCUT2D eigenvalue weighted by molar-refractivity contribution is -0.384. The van der Waals surface area contributed by atoms with Crippen LogP contribution in [0.4, 0.5) is 11.4 Å². The molecule has 1 amide bonds. The first kappa shape index (κ1) is 21.4. The number of rotatable bonds is 8. The first-order chi connectivity index (χ1) is 14.4. The molecule has 1 aliphatic heterocycles. The van der Waals surface area contributed by atoms with Gasteiger partial charge in [-0.3, -0.25) is 14.9 Å². The Morgan fingerprint density at radius 2 is 1.77 bits per heavy atom. The van der Waals surface area contributed by atoms with Crippen LogP contribution in [0.2, 0.25) is 0 Å². The molecule has 0 saturated carbocycles. The Balaban J connectivity index is 1.62. The molecule has 0 unspecified atom stereocenters. The zero-order valence-electron chi connectivity index (χ0n) is 17.3. The molecule has 0 radical (unpaired) electrons. The maximum atomic E-state index is 11.5. The monoisotopic (exact) mass is 413 g/mol. The summed E-state index contributed by atoms with van der Waals surface area (Å²) in [5.74, 6) is 1.44. The van der Waals surface area contributed by atoms with Crippen molar-refractivity contribution in [3.8, 4) is 11.5 Å². The molecule has 1 saturated heterocycles. The standard InChI is InChI=1S/C22H27N3O5/c1-29-18-11-16(12-19(14-18)30-2)4-3-15-7-9-24(10-8-15)20-6-5-17(22(23)26)13-21(20)25(27)28/h5-6,11-15H,3-4,7-10H2,1-2H3,(H2,23,26). The summed E-state index contributed by atoms with van der Waals surface area (Å²) in [5.41, 5.74) is 7.04. The van der Waals surface area contributed by atoms with Gasteiger partial charge in [0.05, 0.1) is 19.1 Å². The van der Waals surface area contributed by atoms with Crippen molar-refractivity contribution < 1.29 is 19.2 Å². The summed E-state index contributed by atoms with van der Waals surface area (Å²) in [6.45, 7) is 1.48. The summed E-state index contributed by atoms with van der Waals surface area (Å²) in [7, 11) is 3.28. The number of aryl methyl sites for hydroxylation is 1. The molecule has 2 N–H and O–H groups in total. The molecule has 0 bridgehead atoms. The Hall–Kier alpha value is -3.29. The van der Waals surface area contributed by atoms with Gasteiger partial charge in [0.2, 0.25) is 5.91 Å². The second-order valence-corrected chi connectivity index (χ2v) is 7.51. The van der Waals surface area contributed by atoms with Gasteiger partial charge in [0.25, 0.3) is 5.69 Å². The van der Waals surface area contributed by atoms with Gasteiger partial charge < -0.3 is 20.1 Å². The van der Waals surface area contributed by atoms with Crippen LogP contribution in [0.15, 0.2) is 36.4 Å². The summed E-state index contributed by atoms with van der Waals surface area (Å²) in [6.07, 6.45) is 3.87. The van der Waals surface area contributed by atoms with Gasteiger partial charge in [-0.05, 0) is 61.4 Å². The predicted octanol–water partition coefficient (Wildman–Crippen LogP) is 3.56. The fourth-order valence-corrected chi connectivity index (χ4v) is 3.93. The number of amides is 1. The van der Waals surface area contributed by atoms with Crippen LogP contribution in [-0.2, 0) is 6.42 Å². The lowest BCUT2D eigenvalue weighted by Gasteiger charge is -2.33. The quantitative estimate of drug-likeness (QED) is 0.524. The summed E-state index contributed by atoms with van der Waals surface area (Å²) < 4.78 is 10.7. The summed E-state index contributed by atoms with van der Waals surface area (Å²) in [4.78, 5) is 24.4. The van der Waals surface area contributed by atoms with Crippen LogP contribution in [0.3, 0.4) is 0 Å². The van der Waals surface area contributed by atoms with Crippen LogP contribution >= 0.6 is 0 Å². The molecule has 0 aromatic heterocycles. The van der Waals surface area contributed by atoms with Crippen LogP contribution < -0.4 is 20.1 Å². The molecular formula is C22H27N3O5. The van der Waals surface area contributed by atoms with Crippen LogP contribution in [-0.4, -0.2) is 38.1 Å². The molecule has 2 aromatic carbocycles. The highest BCUT2D eigenvalue weighted by Crippen LogP contribution is 2.33. The van der Waals surface area contributed by atoms with Gasteiger partial charge in [-0.25, -0.2) is 0 Å². The Labute approximate surface area is 175 Å². The zero-order valence-corrected chi connectivity index (χ0v) is 17.3. The molecule has 8 heteroatoms. The lowest BCUT2D eigenvalue weighted by atomic mass is 9.90. The number of carbonyl (C=O) groups excluding carboxylic acids is 1. The number of carbonyl (C=O) groups is 1. The second kappa shape index (κ2) is 9.47. The Bertz CT molecular complexity index is 901. The fourth-order valence-electron chi connectivity index (χ4n) is 3.93. The van der Waals surface area contributed by atoms with Crippen LogP contribution in [0.5, 0.6) is 11.5 Å². The number of benzene rings is 2. The summed E-state index contributed by atoms with van der Waals surface area (Å²) in [5, 5.41) is 11.5. The lowest BCUT2D eigenvalue weighted by Crippen LogP contribution is -2.34. The van der Waals surface area contributed by atoms with Gasteiger partial charge >= 0.3 is 0 Å². The maximum absolute atomic E-state index is 11.5. The molecule has 0 atom stereocenters. The Morgan fingerprint density at radius 1 is 1.13 bits per heavy atom. The van der Waals surface area contributed by atoms with Crippen molar-refractivity contribution in [2.75, 3.05) is 32.2 Å². The van der Waals surface area contributed by atoms with E-state index in [-0.39, 0.29) is 11.3 Å². The highest BCUT2D eigenvalue weighted by Gasteiger charge is 2.25. The number of piperidine rings is 1. The smallest absolute Gasteiger partial charge is 0.293 e. The minimum absolute atomic E-state index is 0.0757. The zero-order chi connectivity index (χ0) is 21.7. The number of nitro groups is 1. The number of methoxy groups -OCH3 is 2. The van der Waals surface area contributed by atoms with Crippen molar-refractivity contribution in [1.82, 2.24) is 0 Å². The van der Waals surface area contributed by atoms with Crippen molar-refractivity contribution in [3.63, 3.8) is 0 Å². The van der Waals surface area contributed by atoms with E-state index in [1.165, 1.54) is 11.6 Å². The number of ether oxygens (including phenoxy) is 2. The molecule has 0 aliphatic carbocycles. The van der Waals surface area contributed by atoms with E-state index in [0.29, 0.717) is 11.6 Å². The van der Waals surface area contributed by atoms with Crippen LogP contribution in [0, 0.1) is 16.0 Å². The minimum Gasteiger partial charge on any atom is -0.497 e. The van der Waals surface area contributed by atoms with Crippen molar-refractivity contribution in [3.05, 3.63) is 57.6 Å². The van der Waals surface area contributed by atoms with E-state index in [4.69, 9.17) is 15.2 Å². The molecule has 2 aromatic rings. The minimum atomic E-state index is -0.669.